The van der Waals surface area contributed by atoms with E-state index in [0.29, 0.717) is 16.5 Å². The van der Waals surface area contributed by atoms with Crippen molar-refractivity contribution in [3.8, 4) is 0 Å². The Bertz CT molecular complexity index is 557. The predicted octanol–water partition coefficient (Wildman–Crippen LogP) is 2.83. The predicted molar refractivity (Wildman–Crippen MR) is 71.4 cm³/mol. The molecule has 0 unspecified atom stereocenters. The van der Waals surface area contributed by atoms with E-state index in [0.717, 1.165) is 4.90 Å². The van der Waals surface area contributed by atoms with Gasteiger partial charge in [0.05, 0.1) is 5.75 Å². The Kier molecular flexibility index (Phi) is 4.30. The highest BCUT2D eigenvalue weighted by Gasteiger charge is 2.09. The molecule has 6 heteroatoms. The molecule has 1 amide bonds. The molecule has 2 aromatic rings. The average Bonchev–Trinajstić information content (AvgIpc) is 2.84. The van der Waals surface area contributed by atoms with Gasteiger partial charge in [-0.25, -0.2) is 5.84 Å². The van der Waals surface area contributed by atoms with Crippen LogP contribution in [0.4, 0.5) is 0 Å². The van der Waals surface area contributed by atoms with E-state index in [1.807, 2.05) is 29.7 Å². The second kappa shape index (κ2) is 5.95. The molecule has 0 radical (unpaired) electrons. The zero-order valence-electron chi connectivity index (χ0n) is 9.35. The molecular formula is C12H11ClN2O2S. The van der Waals surface area contributed by atoms with Crippen molar-refractivity contribution in [3.63, 3.8) is 0 Å². The van der Waals surface area contributed by atoms with Gasteiger partial charge in [0.15, 0.2) is 5.76 Å². The fraction of sp³-hybridized carbons (Fsp3) is 0.0833. The van der Waals surface area contributed by atoms with Gasteiger partial charge in [-0.05, 0) is 30.3 Å². The highest BCUT2D eigenvalue weighted by atomic mass is 35.5. The van der Waals surface area contributed by atoms with Gasteiger partial charge in [0.2, 0.25) is 0 Å². The van der Waals surface area contributed by atoms with Crippen LogP contribution in [0.25, 0.3) is 0 Å². The third-order valence-corrected chi connectivity index (χ3v) is 3.44. The number of nitrogen functional groups attached to an aromatic ring is 1. The first-order chi connectivity index (χ1) is 8.69. The van der Waals surface area contributed by atoms with E-state index in [4.69, 9.17) is 21.9 Å². The van der Waals surface area contributed by atoms with Crippen molar-refractivity contribution in [2.45, 2.75) is 10.6 Å². The number of hydrazine groups is 1. The molecule has 0 saturated heterocycles. The van der Waals surface area contributed by atoms with Crippen molar-refractivity contribution in [2.24, 2.45) is 5.84 Å². The van der Waals surface area contributed by atoms with E-state index in [1.165, 1.54) is 0 Å². The third-order valence-electron chi connectivity index (χ3n) is 2.19. The zero-order chi connectivity index (χ0) is 13.0. The summed E-state index contributed by atoms with van der Waals surface area (Å²) >= 11 is 7.47. The number of hydrogen-bond acceptors (Lipinski definition) is 4. The van der Waals surface area contributed by atoms with E-state index >= 15 is 0 Å². The number of carbonyl (C=O) groups excluding carboxylic acids is 1. The molecular weight excluding hydrogens is 272 g/mol. The van der Waals surface area contributed by atoms with Gasteiger partial charge < -0.3 is 4.42 Å². The summed E-state index contributed by atoms with van der Waals surface area (Å²) in [6, 6.07) is 10.9. The molecule has 1 aromatic carbocycles. The molecule has 1 aromatic heterocycles. The van der Waals surface area contributed by atoms with Gasteiger partial charge in [-0.15, -0.1) is 11.8 Å². The molecule has 0 aliphatic carbocycles. The number of carbonyl (C=O) groups is 1. The second-order valence-electron chi connectivity index (χ2n) is 3.49. The number of nitrogens with two attached hydrogens (primary N) is 1. The Hall–Kier alpha value is -1.43. The van der Waals surface area contributed by atoms with Gasteiger partial charge in [-0.3, -0.25) is 10.2 Å². The summed E-state index contributed by atoms with van der Waals surface area (Å²) in [5, 5.41) is 0.697. The smallest absolute Gasteiger partial charge is 0.300 e. The monoisotopic (exact) mass is 282 g/mol. The van der Waals surface area contributed by atoms with Crippen LogP contribution in [0, 0.1) is 0 Å². The standard InChI is InChI=1S/C12H11ClN2O2S/c13-8-2-1-3-10(6-8)18-7-9-4-5-11(17-9)12(16)15-14/h1-6H,7,14H2,(H,15,16). The fourth-order valence-electron chi connectivity index (χ4n) is 1.36. The highest BCUT2D eigenvalue weighted by molar-refractivity contribution is 7.98. The van der Waals surface area contributed by atoms with E-state index < -0.39 is 5.91 Å². The van der Waals surface area contributed by atoms with Gasteiger partial charge in [-0.1, -0.05) is 17.7 Å². The first-order valence-electron chi connectivity index (χ1n) is 5.17. The van der Waals surface area contributed by atoms with Crippen molar-refractivity contribution < 1.29 is 9.21 Å². The minimum atomic E-state index is -0.436. The summed E-state index contributed by atoms with van der Waals surface area (Å²) in [6.45, 7) is 0. The van der Waals surface area contributed by atoms with Gasteiger partial charge in [0.1, 0.15) is 5.76 Å². The molecule has 0 aliphatic rings. The Morgan fingerprint density at radius 3 is 2.94 bits per heavy atom. The molecule has 0 bridgehead atoms. The number of rotatable bonds is 4. The van der Waals surface area contributed by atoms with Crippen LogP contribution >= 0.6 is 23.4 Å². The normalized spacial score (nSPS) is 10.3. The van der Waals surface area contributed by atoms with Crippen molar-refractivity contribution in [1.82, 2.24) is 5.43 Å². The third kappa shape index (κ3) is 3.29. The summed E-state index contributed by atoms with van der Waals surface area (Å²) in [7, 11) is 0. The topological polar surface area (TPSA) is 68.3 Å². The Morgan fingerprint density at radius 2 is 2.22 bits per heavy atom. The second-order valence-corrected chi connectivity index (χ2v) is 4.97. The lowest BCUT2D eigenvalue weighted by molar-refractivity contribution is 0.0924. The van der Waals surface area contributed by atoms with Gasteiger partial charge >= 0.3 is 5.91 Å². The van der Waals surface area contributed by atoms with Crippen molar-refractivity contribution in [3.05, 3.63) is 52.9 Å². The number of thioether (sulfide) groups is 1. The maximum Gasteiger partial charge on any atom is 0.300 e. The lowest BCUT2D eigenvalue weighted by Crippen LogP contribution is -2.29. The van der Waals surface area contributed by atoms with Crippen LogP contribution in [0.15, 0.2) is 45.7 Å². The van der Waals surface area contributed by atoms with E-state index in [9.17, 15) is 4.79 Å². The Morgan fingerprint density at radius 1 is 1.39 bits per heavy atom. The SMILES string of the molecule is NNC(=O)c1ccc(CSc2cccc(Cl)c2)o1. The van der Waals surface area contributed by atoms with Crippen LogP contribution in [-0.4, -0.2) is 5.91 Å². The number of furan rings is 1. The first-order valence-corrected chi connectivity index (χ1v) is 6.53. The molecule has 3 N–H and O–H groups in total. The highest BCUT2D eigenvalue weighted by Crippen LogP contribution is 2.25. The summed E-state index contributed by atoms with van der Waals surface area (Å²) in [5.74, 6) is 6.12. The largest absolute Gasteiger partial charge is 0.455 e. The molecule has 0 atom stereocenters. The summed E-state index contributed by atoms with van der Waals surface area (Å²) in [5.41, 5.74) is 2.02. The van der Waals surface area contributed by atoms with Gasteiger partial charge in [0.25, 0.3) is 0 Å². The molecule has 94 valence electrons. The van der Waals surface area contributed by atoms with Crippen LogP contribution < -0.4 is 11.3 Å². The zero-order valence-corrected chi connectivity index (χ0v) is 10.9. The maximum absolute atomic E-state index is 11.2. The summed E-state index contributed by atoms with van der Waals surface area (Å²) < 4.78 is 5.34. The molecule has 2 rings (SSSR count). The van der Waals surface area contributed by atoms with E-state index in [2.05, 4.69) is 0 Å². The Balaban J connectivity index is 1.98. The van der Waals surface area contributed by atoms with Crippen LogP contribution in [0.1, 0.15) is 16.3 Å². The van der Waals surface area contributed by atoms with Gasteiger partial charge in [-0.2, -0.15) is 0 Å². The lowest BCUT2D eigenvalue weighted by Gasteiger charge is -2.00. The van der Waals surface area contributed by atoms with E-state index in [-0.39, 0.29) is 5.76 Å². The number of amides is 1. The number of hydrogen-bond donors (Lipinski definition) is 2. The molecule has 1 heterocycles. The molecule has 0 spiro atoms. The number of nitrogens with one attached hydrogen (secondary N) is 1. The van der Waals surface area contributed by atoms with E-state index in [1.54, 1.807) is 23.9 Å². The fourth-order valence-corrected chi connectivity index (χ4v) is 2.46. The van der Waals surface area contributed by atoms with Gasteiger partial charge in [0, 0.05) is 9.92 Å². The maximum atomic E-state index is 11.2. The molecule has 0 saturated carbocycles. The van der Waals surface area contributed by atoms with Crippen molar-refractivity contribution >= 4 is 29.3 Å². The molecule has 0 fully saturated rings. The number of benzene rings is 1. The van der Waals surface area contributed by atoms with Crippen LogP contribution in [-0.2, 0) is 5.75 Å². The van der Waals surface area contributed by atoms with Crippen molar-refractivity contribution in [2.75, 3.05) is 0 Å². The summed E-state index contributed by atoms with van der Waals surface area (Å²) in [4.78, 5) is 12.2. The molecule has 18 heavy (non-hydrogen) atoms. The minimum absolute atomic E-state index is 0.208. The first kappa shape index (κ1) is 13.0. The van der Waals surface area contributed by atoms with Crippen LogP contribution in [0.2, 0.25) is 5.02 Å². The molecule has 0 aliphatic heterocycles. The quantitative estimate of drug-likeness (QED) is 0.392. The van der Waals surface area contributed by atoms with Crippen molar-refractivity contribution in [1.29, 1.82) is 0 Å². The molecule has 4 nitrogen and oxygen atoms in total. The average molecular weight is 283 g/mol. The lowest BCUT2D eigenvalue weighted by atomic mass is 10.4. The number of halogens is 1. The summed E-state index contributed by atoms with van der Waals surface area (Å²) in [6.07, 6.45) is 0. The Labute approximate surface area is 113 Å². The van der Waals surface area contributed by atoms with Crippen LogP contribution in [0.5, 0.6) is 0 Å². The minimum Gasteiger partial charge on any atom is -0.455 e. The van der Waals surface area contributed by atoms with Crippen LogP contribution in [0.3, 0.4) is 0 Å².